The predicted molar refractivity (Wildman–Crippen MR) is 119 cm³/mol. The predicted octanol–water partition coefficient (Wildman–Crippen LogP) is 3.94. The van der Waals surface area contributed by atoms with Crippen LogP contribution in [0.2, 0.25) is 0 Å². The highest BCUT2D eigenvalue weighted by Crippen LogP contribution is 2.52. The molecule has 1 aromatic carbocycles. The van der Waals surface area contributed by atoms with Gasteiger partial charge in [-0.3, -0.25) is 14.6 Å². The maximum Gasteiger partial charge on any atom is 0.274 e. The van der Waals surface area contributed by atoms with Gasteiger partial charge in [0.15, 0.2) is 0 Å². The van der Waals surface area contributed by atoms with Gasteiger partial charge >= 0.3 is 0 Å². The Morgan fingerprint density at radius 2 is 1.90 bits per heavy atom. The number of rotatable bonds is 6. The van der Waals surface area contributed by atoms with Crippen LogP contribution in [0.15, 0.2) is 48.9 Å². The fourth-order valence-corrected chi connectivity index (χ4v) is 5.75. The van der Waals surface area contributed by atoms with Crippen LogP contribution in [0.5, 0.6) is 0 Å². The van der Waals surface area contributed by atoms with Crippen LogP contribution in [-0.2, 0) is 11.3 Å². The molecule has 1 aromatic heterocycles. The van der Waals surface area contributed by atoms with E-state index in [1.165, 1.54) is 12.4 Å². The lowest BCUT2D eigenvalue weighted by atomic mass is 9.65. The molecule has 2 aromatic rings. The maximum atomic E-state index is 13.2. The van der Waals surface area contributed by atoms with Gasteiger partial charge in [0.25, 0.3) is 5.91 Å². The molecule has 2 atom stereocenters. The quantitative estimate of drug-likeness (QED) is 0.710. The van der Waals surface area contributed by atoms with Gasteiger partial charge in [0.05, 0.1) is 6.20 Å². The SMILES string of the molecule is CC1(C)C[C@@H]2C[C@@](C)(CN2C(=O)CCN(Cc2ccccc2)C(=O)c2cnccn2)C1. The molecule has 2 aliphatic rings. The highest BCUT2D eigenvalue weighted by atomic mass is 16.2. The maximum absolute atomic E-state index is 13.2. The highest BCUT2D eigenvalue weighted by molar-refractivity contribution is 5.92. The molecular weight excluding hydrogens is 388 g/mol. The second kappa shape index (κ2) is 8.40. The summed E-state index contributed by atoms with van der Waals surface area (Å²) in [4.78, 5) is 38.3. The molecule has 4 rings (SSSR count). The number of amides is 2. The van der Waals surface area contributed by atoms with Crippen molar-refractivity contribution in [3.63, 3.8) is 0 Å². The zero-order valence-corrected chi connectivity index (χ0v) is 18.8. The van der Waals surface area contributed by atoms with E-state index < -0.39 is 0 Å². The molecule has 1 saturated carbocycles. The van der Waals surface area contributed by atoms with Gasteiger partial charge in [-0.1, -0.05) is 51.1 Å². The van der Waals surface area contributed by atoms with E-state index in [1.54, 1.807) is 11.1 Å². The summed E-state index contributed by atoms with van der Waals surface area (Å²) < 4.78 is 0. The first-order valence-corrected chi connectivity index (χ1v) is 11.1. The molecule has 2 fully saturated rings. The van der Waals surface area contributed by atoms with Crippen LogP contribution >= 0.6 is 0 Å². The molecule has 0 N–H and O–H groups in total. The summed E-state index contributed by atoms with van der Waals surface area (Å²) in [5, 5.41) is 0. The van der Waals surface area contributed by atoms with Crippen molar-refractivity contribution in [2.24, 2.45) is 10.8 Å². The molecule has 6 nitrogen and oxygen atoms in total. The molecule has 164 valence electrons. The molecule has 2 amide bonds. The third-order valence-corrected chi connectivity index (χ3v) is 6.62. The van der Waals surface area contributed by atoms with Crippen LogP contribution in [0.4, 0.5) is 0 Å². The van der Waals surface area contributed by atoms with Crippen molar-refractivity contribution in [2.45, 2.75) is 59.0 Å². The standard InChI is InChI=1S/C25H32N4O2/c1-24(2)13-20-14-25(3,17-24)18-29(20)22(30)9-12-28(16-19-7-5-4-6-8-19)23(31)21-15-26-10-11-27-21/h4-8,10-11,15,20H,9,12-14,16-18H2,1-3H3/t20-,25-/m1/s1. The van der Waals surface area contributed by atoms with Crippen molar-refractivity contribution < 1.29 is 9.59 Å². The van der Waals surface area contributed by atoms with Crippen LogP contribution < -0.4 is 0 Å². The number of carbonyl (C=O) groups is 2. The Morgan fingerprint density at radius 3 is 2.61 bits per heavy atom. The minimum absolute atomic E-state index is 0.149. The van der Waals surface area contributed by atoms with Gasteiger partial charge < -0.3 is 9.80 Å². The van der Waals surface area contributed by atoms with Crippen LogP contribution in [-0.4, -0.2) is 50.7 Å². The van der Waals surface area contributed by atoms with Crippen LogP contribution in [0, 0.1) is 10.8 Å². The molecule has 0 radical (unpaired) electrons. The number of nitrogens with zero attached hydrogens (tertiary/aromatic N) is 4. The van der Waals surface area contributed by atoms with Crippen molar-refractivity contribution in [2.75, 3.05) is 13.1 Å². The fourth-order valence-electron chi connectivity index (χ4n) is 5.75. The summed E-state index contributed by atoms with van der Waals surface area (Å²) in [6.45, 7) is 8.58. The molecule has 2 bridgehead atoms. The Morgan fingerprint density at radius 1 is 1.13 bits per heavy atom. The van der Waals surface area contributed by atoms with Crippen molar-refractivity contribution in [3.8, 4) is 0 Å². The second-order valence-electron chi connectivity index (χ2n) is 10.3. The van der Waals surface area contributed by atoms with E-state index in [1.807, 2.05) is 30.3 Å². The van der Waals surface area contributed by atoms with E-state index >= 15 is 0 Å². The van der Waals surface area contributed by atoms with Gasteiger partial charge in [-0.2, -0.15) is 0 Å². The average Bonchev–Trinajstić information content (AvgIpc) is 3.00. The van der Waals surface area contributed by atoms with Crippen molar-refractivity contribution in [1.82, 2.24) is 19.8 Å². The molecule has 1 aliphatic carbocycles. The summed E-state index contributed by atoms with van der Waals surface area (Å²) in [5.41, 5.74) is 1.81. The first kappa shape index (κ1) is 21.5. The summed E-state index contributed by atoms with van der Waals surface area (Å²) in [5.74, 6) is -0.0468. The van der Waals surface area contributed by atoms with E-state index in [2.05, 4.69) is 35.6 Å². The van der Waals surface area contributed by atoms with Crippen LogP contribution in [0.1, 0.15) is 62.5 Å². The van der Waals surface area contributed by atoms with E-state index in [-0.39, 0.29) is 22.6 Å². The summed E-state index contributed by atoms with van der Waals surface area (Å²) in [6.07, 6.45) is 8.18. The molecular formula is C25H32N4O2. The zero-order valence-electron chi connectivity index (χ0n) is 18.8. The van der Waals surface area contributed by atoms with E-state index in [4.69, 9.17) is 0 Å². The molecule has 1 aliphatic heterocycles. The first-order valence-electron chi connectivity index (χ1n) is 11.1. The average molecular weight is 421 g/mol. The number of hydrogen-bond donors (Lipinski definition) is 0. The summed E-state index contributed by atoms with van der Waals surface area (Å²) in [6, 6.07) is 10.2. The zero-order chi connectivity index (χ0) is 22.1. The molecule has 0 spiro atoms. The van der Waals surface area contributed by atoms with Gasteiger partial charge in [-0.25, -0.2) is 4.98 Å². The smallest absolute Gasteiger partial charge is 0.274 e. The number of hydrogen-bond acceptors (Lipinski definition) is 4. The Bertz CT molecular complexity index is 931. The first-order chi connectivity index (χ1) is 14.7. The molecule has 6 heteroatoms. The van der Waals surface area contributed by atoms with Crippen LogP contribution in [0.25, 0.3) is 0 Å². The number of fused-ring (bicyclic) bond motifs is 2. The number of carbonyl (C=O) groups excluding carboxylic acids is 2. The molecule has 31 heavy (non-hydrogen) atoms. The van der Waals surface area contributed by atoms with Gasteiger partial charge in [0.2, 0.25) is 5.91 Å². The number of benzene rings is 1. The Hall–Kier alpha value is -2.76. The molecule has 0 unspecified atom stereocenters. The molecule has 2 heterocycles. The van der Waals surface area contributed by atoms with E-state index in [0.29, 0.717) is 31.2 Å². The third-order valence-electron chi connectivity index (χ3n) is 6.62. The minimum Gasteiger partial charge on any atom is -0.339 e. The lowest BCUT2D eigenvalue weighted by molar-refractivity contribution is -0.132. The topological polar surface area (TPSA) is 66.4 Å². The van der Waals surface area contributed by atoms with Crippen LogP contribution in [0.3, 0.4) is 0 Å². The van der Waals surface area contributed by atoms with E-state index in [0.717, 1.165) is 31.4 Å². The lowest BCUT2D eigenvalue weighted by Gasteiger charge is -2.39. The summed E-state index contributed by atoms with van der Waals surface area (Å²) >= 11 is 0. The lowest BCUT2D eigenvalue weighted by Crippen LogP contribution is -2.40. The van der Waals surface area contributed by atoms with Crippen molar-refractivity contribution >= 4 is 11.8 Å². The van der Waals surface area contributed by atoms with Crippen molar-refractivity contribution in [3.05, 3.63) is 60.2 Å². The third kappa shape index (κ3) is 4.94. The Balaban J connectivity index is 1.46. The number of aromatic nitrogens is 2. The van der Waals surface area contributed by atoms with Crippen molar-refractivity contribution in [1.29, 1.82) is 0 Å². The Labute approximate surface area is 184 Å². The fraction of sp³-hybridized carbons (Fsp3) is 0.520. The summed E-state index contributed by atoms with van der Waals surface area (Å²) in [7, 11) is 0. The minimum atomic E-state index is -0.196. The largest absolute Gasteiger partial charge is 0.339 e. The Kier molecular flexibility index (Phi) is 5.82. The van der Waals surface area contributed by atoms with Gasteiger partial charge in [-0.05, 0) is 35.7 Å². The highest BCUT2D eigenvalue weighted by Gasteiger charge is 2.50. The van der Waals surface area contributed by atoms with E-state index in [9.17, 15) is 9.59 Å². The van der Waals surface area contributed by atoms with Gasteiger partial charge in [0.1, 0.15) is 5.69 Å². The molecule has 1 saturated heterocycles. The monoisotopic (exact) mass is 420 g/mol. The normalized spacial score (nSPS) is 24.1. The second-order valence-corrected chi connectivity index (χ2v) is 10.3. The number of likely N-dealkylation sites (tertiary alicyclic amines) is 1. The van der Waals surface area contributed by atoms with Gasteiger partial charge in [0, 0.05) is 44.5 Å². The van der Waals surface area contributed by atoms with Gasteiger partial charge in [-0.15, -0.1) is 0 Å².